The molecule has 0 heterocycles. The molecule has 0 unspecified atom stereocenters. The van der Waals surface area contributed by atoms with Crippen molar-refractivity contribution in [3.8, 4) is 11.5 Å². The smallest absolute Gasteiger partial charge is 0.160 e. The highest BCUT2D eigenvalue weighted by atomic mass is 79.9. The molecule has 162 valence electrons. The Kier molecular flexibility index (Phi) is 7.69. The standard InChI is InChI=1S/C25H25BrFNO3/c1-17-14-23(25(27)24(26)22(17)12-13-29)28(15-18-4-8-20(30-2)9-5-18)16-19-6-10-21(31-3)11-7-19/h4-11,13-14H,12,15-16H2,1-3H3. The van der Waals surface area contributed by atoms with Crippen LogP contribution in [-0.4, -0.2) is 20.5 Å². The van der Waals surface area contributed by atoms with Gasteiger partial charge in [0.05, 0.1) is 24.4 Å². The highest BCUT2D eigenvalue weighted by Crippen LogP contribution is 2.34. The molecule has 0 atom stereocenters. The molecular weight excluding hydrogens is 461 g/mol. The lowest BCUT2D eigenvalue weighted by molar-refractivity contribution is -0.107. The van der Waals surface area contributed by atoms with Crippen molar-refractivity contribution in [2.24, 2.45) is 0 Å². The quantitative estimate of drug-likeness (QED) is 0.355. The van der Waals surface area contributed by atoms with Gasteiger partial charge in [-0.3, -0.25) is 0 Å². The van der Waals surface area contributed by atoms with Gasteiger partial charge in [0.25, 0.3) is 0 Å². The van der Waals surface area contributed by atoms with E-state index < -0.39 is 0 Å². The van der Waals surface area contributed by atoms with Crippen LogP contribution in [0.5, 0.6) is 11.5 Å². The van der Waals surface area contributed by atoms with Crippen molar-refractivity contribution in [2.75, 3.05) is 19.1 Å². The molecule has 4 nitrogen and oxygen atoms in total. The Morgan fingerprint density at radius 1 is 0.935 bits per heavy atom. The maximum absolute atomic E-state index is 15.4. The van der Waals surface area contributed by atoms with Gasteiger partial charge < -0.3 is 19.2 Å². The molecule has 0 N–H and O–H groups in total. The van der Waals surface area contributed by atoms with E-state index in [9.17, 15) is 4.79 Å². The molecule has 0 saturated carbocycles. The highest BCUT2D eigenvalue weighted by molar-refractivity contribution is 9.10. The zero-order valence-electron chi connectivity index (χ0n) is 17.8. The zero-order valence-corrected chi connectivity index (χ0v) is 19.4. The third-order valence-corrected chi connectivity index (χ3v) is 6.03. The summed E-state index contributed by atoms with van der Waals surface area (Å²) in [5.41, 5.74) is 4.07. The molecule has 0 aliphatic heterocycles. The average molecular weight is 486 g/mol. The number of hydrogen-bond donors (Lipinski definition) is 0. The number of ether oxygens (including phenoxy) is 2. The summed E-state index contributed by atoms with van der Waals surface area (Å²) in [6, 6.07) is 17.3. The van der Waals surface area contributed by atoms with Crippen molar-refractivity contribution in [2.45, 2.75) is 26.4 Å². The monoisotopic (exact) mass is 485 g/mol. The second-order valence-corrected chi connectivity index (χ2v) is 8.04. The third-order valence-electron chi connectivity index (χ3n) is 5.20. The van der Waals surface area contributed by atoms with Gasteiger partial charge in [0.1, 0.15) is 17.8 Å². The molecular formula is C25H25BrFNO3. The van der Waals surface area contributed by atoms with Crippen molar-refractivity contribution < 1.29 is 18.7 Å². The Balaban J connectivity index is 2.00. The SMILES string of the molecule is COc1ccc(CN(Cc2ccc(OC)cc2)c2cc(C)c(CC=O)c(Br)c2F)cc1. The molecule has 31 heavy (non-hydrogen) atoms. The molecule has 6 heteroatoms. The summed E-state index contributed by atoms with van der Waals surface area (Å²) in [5, 5.41) is 0. The van der Waals surface area contributed by atoms with E-state index in [2.05, 4.69) is 15.9 Å². The molecule has 0 spiro atoms. The molecule has 0 aromatic heterocycles. The van der Waals surface area contributed by atoms with Gasteiger partial charge in [-0.2, -0.15) is 0 Å². The minimum atomic E-state index is -0.371. The van der Waals surface area contributed by atoms with Gasteiger partial charge in [-0.15, -0.1) is 0 Å². The van der Waals surface area contributed by atoms with Crippen LogP contribution < -0.4 is 14.4 Å². The Morgan fingerprint density at radius 2 is 1.42 bits per heavy atom. The number of rotatable bonds is 9. The number of carbonyl (C=O) groups is 1. The van der Waals surface area contributed by atoms with Crippen molar-refractivity contribution in [3.05, 3.63) is 87.1 Å². The van der Waals surface area contributed by atoms with Crippen LogP contribution in [0.25, 0.3) is 0 Å². The normalized spacial score (nSPS) is 10.6. The molecule has 3 rings (SSSR count). The van der Waals surface area contributed by atoms with Gasteiger partial charge in [0.2, 0.25) is 0 Å². The first kappa shape index (κ1) is 22.8. The van der Waals surface area contributed by atoms with Crippen LogP contribution in [0.3, 0.4) is 0 Å². The van der Waals surface area contributed by atoms with Crippen LogP contribution in [0.2, 0.25) is 0 Å². The molecule has 0 bridgehead atoms. The summed E-state index contributed by atoms with van der Waals surface area (Å²) < 4.78 is 26.2. The predicted octanol–water partition coefficient (Wildman–Crippen LogP) is 5.86. The Hall–Kier alpha value is -2.86. The van der Waals surface area contributed by atoms with E-state index in [0.29, 0.717) is 28.8 Å². The Labute approximate surface area is 190 Å². The van der Waals surface area contributed by atoms with E-state index in [1.807, 2.05) is 66.4 Å². The van der Waals surface area contributed by atoms with Crippen LogP contribution in [-0.2, 0) is 24.3 Å². The average Bonchev–Trinajstić information content (AvgIpc) is 2.79. The van der Waals surface area contributed by atoms with E-state index in [1.165, 1.54) is 0 Å². The number of hydrogen-bond acceptors (Lipinski definition) is 4. The number of benzene rings is 3. The summed E-state index contributed by atoms with van der Waals surface area (Å²) in [6.07, 6.45) is 0.958. The van der Waals surface area contributed by atoms with E-state index >= 15 is 4.39 Å². The number of carbonyl (C=O) groups excluding carboxylic acids is 1. The van der Waals surface area contributed by atoms with Crippen LogP contribution in [0.15, 0.2) is 59.1 Å². The van der Waals surface area contributed by atoms with E-state index in [4.69, 9.17) is 9.47 Å². The molecule has 3 aromatic carbocycles. The van der Waals surface area contributed by atoms with Gasteiger partial charge in [-0.05, 0) is 75.4 Å². The highest BCUT2D eigenvalue weighted by Gasteiger charge is 2.20. The minimum absolute atomic E-state index is 0.167. The Bertz CT molecular complexity index is 987. The van der Waals surface area contributed by atoms with Gasteiger partial charge in [0, 0.05) is 19.5 Å². The first-order chi connectivity index (χ1) is 15.0. The lowest BCUT2D eigenvalue weighted by Crippen LogP contribution is -2.24. The summed E-state index contributed by atoms with van der Waals surface area (Å²) in [4.78, 5) is 13.0. The van der Waals surface area contributed by atoms with Crippen molar-refractivity contribution >= 4 is 27.9 Å². The van der Waals surface area contributed by atoms with Crippen LogP contribution in [0.4, 0.5) is 10.1 Å². The topological polar surface area (TPSA) is 38.8 Å². The fourth-order valence-electron chi connectivity index (χ4n) is 3.47. The van der Waals surface area contributed by atoms with Crippen molar-refractivity contribution in [1.29, 1.82) is 0 Å². The molecule has 0 amide bonds. The first-order valence-electron chi connectivity index (χ1n) is 9.88. The predicted molar refractivity (Wildman–Crippen MR) is 124 cm³/mol. The number of nitrogens with zero attached hydrogens (tertiary/aromatic N) is 1. The second kappa shape index (κ2) is 10.4. The summed E-state index contributed by atoms with van der Waals surface area (Å²) >= 11 is 3.37. The first-order valence-corrected chi connectivity index (χ1v) is 10.7. The summed E-state index contributed by atoms with van der Waals surface area (Å²) in [7, 11) is 3.25. The number of halogens is 2. The molecule has 0 saturated heterocycles. The Morgan fingerprint density at radius 3 is 1.84 bits per heavy atom. The van der Waals surface area contributed by atoms with Gasteiger partial charge in [0.15, 0.2) is 5.82 Å². The molecule has 0 radical (unpaired) electrons. The van der Waals surface area contributed by atoms with Gasteiger partial charge in [-0.25, -0.2) is 4.39 Å². The second-order valence-electron chi connectivity index (χ2n) is 7.24. The van der Waals surface area contributed by atoms with E-state index in [-0.39, 0.29) is 12.2 Å². The molecule has 0 aliphatic rings. The zero-order chi connectivity index (χ0) is 22.4. The number of aldehydes is 1. The molecule has 0 aliphatic carbocycles. The number of methoxy groups -OCH3 is 2. The summed E-state index contributed by atoms with van der Waals surface area (Å²) in [5.74, 6) is 1.17. The van der Waals surface area contributed by atoms with E-state index in [0.717, 1.165) is 34.5 Å². The van der Waals surface area contributed by atoms with Crippen LogP contribution >= 0.6 is 15.9 Å². The number of anilines is 1. The van der Waals surface area contributed by atoms with E-state index in [1.54, 1.807) is 14.2 Å². The van der Waals surface area contributed by atoms with Crippen molar-refractivity contribution in [3.63, 3.8) is 0 Å². The van der Waals surface area contributed by atoms with Gasteiger partial charge >= 0.3 is 0 Å². The third kappa shape index (κ3) is 5.44. The fraction of sp³-hybridized carbons (Fsp3) is 0.240. The summed E-state index contributed by atoms with van der Waals surface area (Å²) in [6.45, 7) is 2.91. The fourth-order valence-corrected chi connectivity index (χ4v) is 4.14. The lowest BCUT2D eigenvalue weighted by Gasteiger charge is -2.27. The molecule has 3 aromatic rings. The maximum Gasteiger partial charge on any atom is 0.160 e. The lowest BCUT2D eigenvalue weighted by atomic mass is 10.0. The minimum Gasteiger partial charge on any atom is -0.497 e. The maximum atomic E-state index is 15.4. The molecule has 0 fully saturated rings. The largest absolute Gasteiger partial charge is 0.497 e. The van der Waals surface area contributed by atoms with Gasteiger partial charge in [-0.1, -0.05) is 24.3 Å². The number of aryl methyl sites for hydroxylation is 1. The van der Waals surface area contributed by atoms with Crippen LogP contribution in [0, 0.1) is 12.7 Å². The van der Waals surface area contributed by atoms with Crippen molar-refractivity contribution in [1.82, 2.24) is 0 Å². The van der Waals surface area contributed by atoms with Crippen LogP contribution in [0.1, 0.15) is 22.3 Å².